The monoisotopic (exact) mass is 287 g/mol. The lowest BCUT2D eigenvalue weighted by Gasteiger charge is -2.27. The van der Waals surface area contributed by atoms with Crippen molar-refractivity contribution < 1.29 is 14.3 Å². The lowest BCUT2D eigenvalue weighted by molar-refractivity contribution is 0.0697. The maximum absolute atomic E-state index is 11.7. The molecule has 1 aliphatic rings. The van der Waals surface area contributed by atoms with Crippen molar-refractivity contribution in [1.82, 2.24) is 5.32 Å². The molecule has 0 radical (unpaired) electrons. The Bertz CT molecular complexity index is 377. The van der Waals surface area contributed by atoms with E-state index in [0.717, 1.165) is 25.7 Å². The number of nitrogens with one attached hydrogen (secondary N) is 1. The highest BCUT2D eigenvalue weighted by molar-refractivity contribution is 9.10. The quantitative estimate of drug-likeness (QED) is 0.875. The summed E-state index contributed by atoms with van der Waals surface area (Å²) in [5, 5.41) is 12.5. The number of furan rings is 1. The van der Waals surface area contributed by atoms with E-state index in [1.165, 1.54) is 0 Å². The molecule has 1 aliphatic carbocycles. The van der Waals surface area contributed by atoms with Crippen molar-refractivity contribution in [3.8, 4) is 0 Å². The van der Waals surface area contributed by atoms with Crippen LogP contribution in [0.25, 0.3) is 0 Å². The van der Waals surface area contributed by atoms with Gasteiger partial charge in [-0.05, 0) is 40.9 Å². The van der Waals surface area contributed by atoms with Gasteiger partial charge < -0.3 is 14.8 Å². The molecule has 2 atom stereocenters. The second-order valence-electron chi connectivity index (χ2n) is 4.04. The van der Waals surface area contributed by atoms with Crippen LogP contribution in [-0.2, 0) is 0 Å². The maximum atomic E-state index is 11.7. The first kappa shape index (κ1) is 11.7. The molecule has 0 unspecified atom stereocenters. The van der Waals surface area contributed by atoms with Crippen LogP contribution in [0.15, 0.2) is 21.2 Å². The van der Waals surface area contributed by atoms with E-state index in [9.17, 15) is 9.90 Å². The second kappa shape index (κ2) is 5.01. The number of halogens is 1. The maximum Gasteiger partial charge on any atom is 0.287 e. The highest BCUT2D eigenvalue weighted by Crippen LogP contribution is 2.19. The van der Waals surface area contributed by atoms with Gasteiger partial charge in [0.05, 0.1) is 12.1 Å². The molecule has 2 rings (SSSR count). The van der Waals surface area contributed by atoms with Crippen LogP contribution in [-0.4, -0.2) is 23.2 Å². The average Bonchev–Trinajstić information content (AvgIpc) is 2.68. The molecule has 1 amide bonds. The molecule has 88 valence electrons. The predicted octanol–water partition coefficient (Wildman–Crippen LogP) is 2.08. The summed E-state index contributed by atoms with van der Waals surface area (Å²) in [5.74, 6) is 0.00120. The molecule has 1 fully saturated rings. The van der Waals surface area contributed by atoms with Crippen LogP contribution in [0.2, 0.25) is 0 Å². The van der Waals surface area contributed by atoms with Gasteiger partial charge in [-0.2, -0.15) is 0 Å². The van der Waals surface area contributed by atoms with Crippen LogP contribution in [0, 0.1) is 0 Å². The van der Waals surface area contributed by atoms with Crippen molar-refractivity contribution in [1.29, 1.82) is 0 Å². The summed E-state index contributed by atoms with van der Waals surface area (Å²) in [6.45, 7) is 0. The van der Waals surface area contributed by atoms with Gasteiger partial charge in [-0.15, -0.1) is 0 Å². The SMILES string of the molecule is O=C(N[C@H]1CCCC[C@@H]1O)c1ccc(Br)o1. The van der Waals surface area contributed by atoms with Crippen molar-refractivity contribution in [2.75, 3.05) is 0 Å². The summed E-state index contributed by atoms with van der Waals surface area (Å²) in [5.41, 5.74) is 0. The lowest BCUT2D eigenvalue weighted by atomic mass is 9.92. The number of amides is 1. The molecular weight excluding hydrogens is 274 g/mol. The summed E-state index contributed by atoms with van der Waals surface area (Å²) in [7, 11) is 0. The van der Waals surface area contributed by atoms with Gasteiger partial charge in [0.2, 0.25) is 0 Å². The third-order valence-corrected chi connectivity index (χ3v) is 3.27. The van der Waals surface area contributed by atoms with Crippen molar-refractivity contribution in [2.45, 2.75) is 37.8 Å². The number of carbonyl (C=O) groups is 1. The summed E-state index contributed by atoms with van der Waals surface area (Å²) in [4.78, 5) is 11.7. The zero-order valence-corrected chi connectivity index (χ0v) is 10.4. The summed E-state index contributed by atoms with van der Waals surface area (Å²) < 4.78 is 5.67. The van der Waals surface area contributed by atoms with Gasteiger partial charge in [0, 0.05) is 0 Å². The highest BCUT2D eigenvalue weighted by atomic mass is 79.9. The van der Waals surface area contributed by atoms with Crippen LogP contribution in [0.3, 0.4) is 0 Å². The molecule has 0 aromatic carbocycles. The van der Waals surface area contributed by atoms with E-state index in [4.69, 9.17) is 4.42 Å². The fourth-order valence-electron chi connectivity index (χ4n) is 1.96. The van der Waals surface area contributed by atoms with Gasteiger partial charge in [-0.25, -0.2) is 0 Å². The van der Waals surface area contributed by atoms with E-state index < -0.39 is 6.10 Å². The van der Waals surface area contributed by atoms with Gasteiger partial charge in [0.25, 0.3) is 5.91 Å². The molecule has 0 aliphatic heterocycles. The molecule has 5 heteroatoms. The van der Waals surface area contributed by atoms with E-state index in [2.05, 4.69) is 21.2 Å². The fraction of sp³-hybridized carbons (Fsp3) is 0.545. The molecule has 0 bridgehead atoms. The molecule has 1 saturated carbocycles. The van der Waals surface area contributed by atoms with Crippen molar-refractivity contribution in [3.05, 3.63) is 22.6 Å². The Morgan fingerprint density at radius 3 is 2.81 bits per heavy atom. The smallest absolute Gasteiger partial charge is 0.287 e. The summed E-state index contributed by atoms with van der Waals surface area (Å²) in [6.07, 6.45) is 3.22. The number of hydrogen-bond donors (Lipinski definition) is 2. The first-order chi connectivity index (χ1) is 7.66. The third kappa shape index (κ3) is 2.65. The Morgan fingerprint density at radius 1 is 1.44 bits per heavy atom. The van der Waals surface area contributed by atoms with E-state index in [-0.39, 0.29) is 17.7 Å². The van der Waals surface area contributed by atoms with Crippen molar-refractivity contribution in [2.24, 2.45) is 0 Å². The number of aliphatic hydroxyl groups excluding tert-OH is 1. The molecule has 1 aromatic rings. The summed E-state index contributed by atoms with van der Waals surface area (Å²) >= 11 is 3.14. The normalized spacial score (nSPS) is 25.4. The van der Waals surface area contributed by atoms with Crippen LogP contribution < -0.4 is 5.32 Å². The minimum Gasteiger partial charge on any atom is -0.444 e. The Balaban J connectivity index is 1.96. The Hall–Kier alpha value is -0.810. The first-order valence-corrected chi connectivity index (χ1v) is 6.20. The summed E-state index contributed by atoms with van der Waals surface area (Å²) in [6, 6.07) is 3.13. The second-order valence-corrected chi connectivity index (χ2v) is 4.82. The molecular formula is C11H14BrNO3. The first-order valence-electron chi connectivity index (χ1n) is 5.41. The number of carbonyl (C=O) groups excluding carboxylic acids is 1. The van der Waals surface area contributed by atoms with Crippen molar-refractivity contribution in [3.63, 3.8) is 0 Å². The number of hydrogen-bond acceptors (Lipinski definition) is 3. The Kier molecular flexibility index (Phi) is 3.66. The van der Waals surface area contributed by atoms with Gasteiger partial charge in [-0.1, -0.05) is 12.8 Å². The van der Waals surface area contributed by atoms with Gasteiger partial charge in [0.1, 0.15) is 0 Å². The molecule has 1 aromatic heterocycles. The van der Waals surface area contributed by atoms with Crippen LogP contribution in [0.5, 0.6) is 0 Å². The number of aliphatic hydroxyl groups is 1. The molecule has 16 heavy (non-hydrogen) atoms. The van der Waals surface area contributed by atoms with Crippen LogP contribution >= 0.6 is 15.9 Å². The van der Waals surface area contributed by atoms with E-state index in [1.807, 2.05) is 0 Å². The highest BCUT2D eigenvalue weighted by Gasteiger charge is 2.25. The topological polar surface area (TPSA) is 62.5 Å². The molecule has 2 N–H and O–H groups in total. The van der Waals surface area contributed by atoms with E-state index in [0.29, 0.717) is 4.67 Å². The zero-order chi connectivity index (χ0) is 11.5. The minimum atomic E-state index is -0.434. The van der Waals surface area contributed by atoms with Crippen LogP contribution in [0.4, 0.5) is 0 Å². The standard InChI is InChI=1S/C11H14BrNO3/c12-10-6-5-9(16-10)11(15)13-7-3-1-2-4-8(7)14/h5-8,14H,1-4H2,(H,13,15)/t7-,8-/m0/s1. The minimum absolute atomic E-state index is 0.148. The predicted molar refractivity (Wildman–Crippen MR) is 62.1 cm³/mol. The Morgan fingerprint density at radius 2 is 2.19 bits per heavy atom. The molecule has 0 saturated heterocycles. The van der Waals surface area contributed by atoms with Gasteiger partial charge in [0.15, 0.2) is 10.4 Å². The molecule has 4 nitrogen and oxygen atoms in total. The fourth-order valence-corrected chi connectivity index (χ4v) is 2.26. The van der Waals surface area contributed by atoms with Gasteiger partial charge >= 0.3 is 0 Å². The largest absolute Gasteiger partial charge is 0.444 e. The molecule has 1 heterocycles. The average molecular weight is 288 g/mol. The van der Waals surface area contributed by atoms with E-state index >= 15 is 0 Å². The van der Waals surface area contributed by atoms with Crippen LogP contribution in [0.1, 0.15) is 36.2 Å². The lowest BCUT2D eigenvalue weighted by Crippen LogP contribution is -2.44. The van der Waals surface area contributed by atoms with E-state index in [1.54, 1.807) is 12.1 Å². The molecule has 0 spiro atoms. The van der Waals surface area contributed by atoms with Crippen molar-refractivity contribution >= 4 is 21.8 Å². The number of rotatable bonds is 2. The van der Waals surface area contributed by atoms with Gasteiger partial charge in [-0.3, -0.25) is 4.79 Å². The Labute approximate surface area is 102 Å². The zero-order valence-electron chi connectivity index (χ0n) is 8.78. The third-order valence-electron chi connectivity index (χ3n) is 2.84.